The van der Waals surface area contributed by atoms with Gasteiger partial charge in [0.25, 0.3) is 0 Å². The molecule has 1 rings (SSSR count). The minimum absolute atomic E-state index is 0.626. The van der Waals surface area contributed by atoms with Crippen molar-refractivity contribution in [2.45, 2.75) is 31.3 Å². The number of rotatable bonds is 6. The molecule has 0 aromatic carbocycles. The number of ether oxygens (including phenoxy) is 1. The lowest BCUT2D eigenvalue weighted by molar-refractivity contribution is 0.135. The number of hydrogen-bond donors (Lipinski definition) is 1. The van der Waals surface area contributed by atoms with Crippen LogP contribution in [-0.4, -0.2) is 43.3 Å². The van der Waals surface area contributed by atoms with Gasteiger partial charge in [-0.25, -0.2) is 0 Å². The van der Waals surface area contributed by atoms with Gasteiger partial charge in [-0.05, 0) is 19.8 Å². The van der Waals surface area contributed by atoms with Crippen molar-refractivity contribution < 1.29 is 4.74 Å². The fourth-order valence-electron chi connectivity index (χ4n) is 1.50. The van der Waals surface area contributed by atoms with E-state index in [1.54, 1.807) is 14.0 Å². The van der Waals surface area contributed by atoms with Crippen LogP contribution in [0.15, 0.2) is 0 Å². The van der Waals surface area contributed by atoms with E-state index in [0.717, 1.165) is 6.54 Å². The van der Waals surface area contributed by atoms with E-state index in [9.17, 15) is 0 Å². The van der Waals surface area contributed by atoms with Gasteiger partial charge in [0.15, 0.2) is 0 Å². The fraction of sp³-hybridized carbons (Fsp3) is 0.900. The quantitative estimate of drug-likeness (QED) is 0.667. The molecule has 0 spiro atoms. The summed E-state index contributed by atoms with van der Waals surface area (Å²) < 4.78 is 5.03. The van der Waals surface area contributed by atoms with Crippen molar-refractivity contribution >= 4 is 0 Å². The Morgan fingerprint density at radius 1 is 1.64 bits per heavy atom. The maximum atomic E-state index is 8.84. The van der Waals surface area contributed by atoms with Gasteiger partial charge in [0.05, 0.1) is 12.7 Å². The van der Waals surface area contributed by atoms with Crippen molar-refractivity contribution in [1.29, 1.82) is 5.26 Å². The van der Waals surface area contributed by atoms with Crippen LogP contribution in [0.25, 0.3) is 0 Å². The zero-order valence-electron chi connectivity index (χ0n) is 8.99. The Morgan fingerprint density at radius 2 is 2.29 bits per heavy atom. The molecular weight excluding hydrogens is 178 g/mol. The van der Waals surface area contributed by atoms with E-state index in [1.165, 1.54) is 12.8 Å². The molecule has 80 valence electrons. The molecule has 1 atom stereocenters. The van der Waals surface area contributed by atoms with Crippen molar-refractivity contribution in [2.75, 3.05) is 26.8 Å². The molecule has 0 saturated heterocycles. The fourth-order valence-corrected chi connectivity index (χ4v) is 1.50. The molecular formula is C10H19N3O. The van der Waals surface area contributed by atoms with Gasteiger partial charge in [-0.15, -0.1) is 0 Å². The Bertz CT molecular complexity index is 218. The molecule has 1 aliphatic carbocycles. The summed E-state index contributed by atoms with van der Waals surface area (Å²) in [6.07, 6.45) is 2.45. The Hall–Kier alpha value is -0.630. The van der Waals surface area contributed by atoms with Gasteiger partial charge in [-0.3, -0.25) is 4.90 Å². The highest BCUT2D eigenvalue weighted by Gasteiger charge is 2.32. The second kappa shape index (κ2) is 4.74. The van der Waals surface area contributed by atoms with E-state index in [0.29, 0.717) is 19.2 Å². The number of nitriles is 1. The summed E-state index contributed by atoms with van der Waals surface area (Å²) >= 11 is 0. The first-order chi connectivity index (χ1) is 6.59. The Labute approximate surface area is 85.6 Å². The number of hydrogen-bond acceptors (Lipinski definition) is 4. The van der Waals surface area contributed by atoms with E-state index >= 15 is 0 Å². The van der Waals surface area contributed by atoms with Crippen LogP contribution in [0.2, 0.25) is 0 Å². The number of nitrogens with zero attached hydrogens (tertiary/aromatic N) is 2. The SMILES string of the molecule is COCCN(CC(C)(N)C#N)C1CC1. The van der Waals surface area contributed by atoms with Crippen molar-refractivity contribution in [1.82, 2.24) is 4.90 Å². The van der Waals surface area contributed by atoms with Gasteiger partial charge < -0.3 is 10.5 Å². The second-order valence-corrected chi connectivity index (χ2v) is 4.22. The molecule has 0 amide bonds. The zero-order valence-corrected chi connectivity index (χ0v) is 8.99. The molecule has 0 radical (unpaired) electrons. The van der Waals surface area contributed by atoms with Gasteiger partial charge in [0.1, 0.15) is 5.54 Å². The predicted octanol–water partition coefficient (Wildman–Crippen LogP) is 0.338. The van der Waals surface area contributed by atoms with E-state index in [4.69, 9.17) is 15.7 Å². The van der Waals surface area contributed by atoms with Crippen molar-refractivity contribution in [3.63, 3.8) is 0 Å². The highest BCUT2D eigenvalue weighted by Crippen LogP contribution is 2.27. The van der Waals surface area contributed by atoms with Crippen LogP contribution in [0.5, 0.6) is 0 Å². The molecule has 4 heteroatoms. The summed E-state index contributed by atoms with van der Waals surface area (Å²) in [5.41, 5.74) is 5.07. The molecule has 2 N–H and O–H groups in total. The average Bonchev–Trinajstić information content (AvgIpc) is 2.95. The molecule has 14 heavy (non-hydrogen) atoms. The van der Waals surface area contributed by atoms with Crippen LogP contribution in [0.1, 0.15) is 19.8 Å². The van der Waals surface area contributed by atoms with E-state index in [-0.39, 0.29) is 0 Å². The van der Waals surface area contributed by atoms with Crippen LogP contribution in [0.3, 0.4) is 0 Å². The molecule has 1 saturated carbocycles. The lowest BCUT2D eigenvalue weighted by Gasteiger charge is -2.27. The summed E-state index contributed by atoms with van der Waals surface area (Å²) in [4.78, 5) is 2.26. The Kier molecular flexibility index (Phi) is 3.87. The summed E-state index contributed by atoms with van der Waals surface area (Å²) in [7, 11) is 1.69. The number of nitrogens with two attached hydrogens (primary N) is 1. The molecule has 1 unspecified atom stereocenters. The van der Waals surface area contributed by atoms with E-state index < -0.39 is 5.54 Å². The summed E-state index contributed by atoms with van der Waals surface area (Å²) in [6, 6.07) is 2.75. The first-order valence-electron chi connectivity index (χ1n) is 5.02. The topological polar surface area (TPSA) is 62.3 Å². The first-order valence-corrected chi connectivity index (χ1v) is 5.02. The van der Waals surface area contributed by atoms with Crippen molar-refractivity contribution in [3.05, 3.63) is 0 Å². The third kappa shape index (κ3) is 3.62. The molecule has 0 bridgehead atoms. The van der Waals surface area contributed by atoms with Crippen LogP contribution in [-0.2, 0) is 4.74 Å². The smallest absolute Gasteiger partial charge is 0.114 e. The molecule has 0 heterocycles. The van der Waals surface area contributed by atoms with Crippen LogP contribution < -0.4 is 5.73 Å². The monoisotopic (exact) mass is 197 g/mol. The number of methoxy groups -OCH3 is 1. The lowest BCUT2D eigenvalue weighted by atomic mass is 10.1. The van der Waals surface area contributed by atoms with Crippen LogP contribution in [0.4, 0.5) is 0 Å². The third-order valence-corrected chi connectivity index (χ3v) is 2.43. The molecule has 4 nitrogen and oxygen atoms in total. The van der Waals surface area contributed by atoms with E-state index in [1.807, 2.05) is 0 Å². The van der Waals surface area contributed by atoms with E-state index in [2.05, 4.69) is 11.0 Å². The maximum Gasteiger partial charge on any atom is 0.114 e. The summed E-state index contributed by atoms with van der Waals surface area (Å²) in [6.45, 7) is 3.99. The van der Waals surface area contributed by atoms with Gasteiger partial charge in [-0.2, -0.15) is 5.26 Å². The normalized spacial score (nSPS) is 20.5. The molecule has 0 aliphatic heterocycles. The minimum Gasteiger partial charge on any atom is -0.383 e. The van der Waals surface area contributed by atoms with Gasteiger partial charge in [0, 0.05) is 26.2 Å². The highest BCUT2D eigenvalue weighted by molar-refractivity contribution is 5.04. The Morgan fingerprint density at radius 3 is 2.71 bits per heavy atom. The molecule has 1 aliphatic rings. The van der Waals surface area contributed by atoms with Crippen LogP contribution in [0, 0.1) is 11.3 Å². The van der Waals surface area contributed by atoms with Gasteiger partial charge in [-0.1, -0.05) is 0 Å². The van der Waals surface area contributed by atoms with Gasteiger partial charge in [0.2, 0.25) is 0 Å². The molecule has 1 fully saturated rings. The largest absolute Gasteiger partial charge is 0.383 e. The molecule has 0 aromatic rings. The highest BCUT2D eigenvalue weighted by atomic mass is 16.5. The Balaban J connectivity index is 2.39. The van der Waals surface area contributed by atoms with Crippen LogP contribution >= 0.6 is 0 Å². The second-order valence-electron chi connectivity index (χ2n) is 4.22. The maximum absolute atomic E-state index is 8.84. The predicted molar refractivity (Wildman–Crippen MR) is 54.7 cm³/mol. The lowest BCUT2D eigenvalue weighted by Crippen LogP contribution is -2.48. The zero-order chi connectivity index (χ0) is 10.6. The van der Waals surface area contributed by atoms with Crippen molar-refractivity contribution in [3.8, 4) is 6.07 Å². The van der Waals surface area contributed by atoms with Crippen molar-refractivity contribution in [2.24, 2.45) is 5.73 Å². The standard InChI is InChI=1S/C10H19N3O/c1-10(12,7-11)8-13(5-6-14-2)9-3-4-9/h9H,3-6,8,12H2,1-2H3. The van der Waals surface area contributed by atoms with Gasteiger partial charge >= 0.3 is 0 Å². The minimum atomic E-state index is -0.740. The summed E-state index contributed by atoms with van der Waals surface area (Å²) in [5, 5.41) is 8.84. The summed E-state index contributed by atoms with van der Waals surface area (Å²) in [5.74, 6) is 0. The first kappa shape index (κ1) is 11.4. The third-order valence-electron chi connectivity index (χ3n) is 2.43. The molecule has 0 aromatic heterocycles. The average molecular weight is 197 g/mol.